The Morgan fingerprint density at radius 1 is 1.43 bits per heavy atom. The first kappa shape index (κ1) is 11.3. The molecule has 0 N–H and O–H groups in total. The molecule has 0 aromatic rings. The van der Waals surface area contributed by atoms with Gasteiger partial charge in [0.05, 0.1) is 6.42 Å². The third kappa shape index (κ3) is 2.86. The van der Waals surface area contributed by atoms with Gasteiger partial charge in [-0.2, -0.15) is 0 Å². The van der Waals surface area contributed by atoms with Crippen LogP contribution in [-0.2, 0) is 9.53 Å². The molecule has 0 heterocycles. The van der Waals surface area contributed by atoms with E-state index in [4.69, 9.17) is 4.74 Å². The van der Waals surface area contributed by atoms with Crippen molar-refractivity contribution in [2.45, 2.75) is 58.0 Å². The molecule has 80 valence electrons. The van der Waals surface area contributed by atoms with Crippen molar-refractivity contribution in [1.29, 1.82) is 0 Å². The first-order valence-corrected chi connectivity index (χ1v) is 5.44. The smallest absolute Gasteiger partial charge is 0.310 e. The molecule has 14 heavy (non-hydrogen) atoms. The molecule has 0 amide bonds. The summed E-state index contributed by atoms with van der Waals surface area (Å²) in [4.78, 5) is 11.5. The lowest BCUT2D eigenvalue weighted by Gasteiger charge is -2.27. The number of esters is 1. The Bertz CT molecular complexity index is 224. The minimum Gasteiger partial charge on any atom is -0.459 e. The molecule has 1 aliphatic carbocycles. The summed E-state index contributed by atoms with van der Waals surface area (Å²) in [6.45, 7) is 7.67. The van der Waals surface area contributed by atoms with Crippen molar-refractivity contribution in [3.63, 3.8) is 0 Å². The second-order valence-corrected chi connectivity index (χ2v) is 4.35. The molecule has 0 radical (unpaired) electrons. The van der Waals surface area contributed by atoms with Crippen LogP contribution >= 0.6 is 0 Å². The van der Waals surface area contributed by atoms with Crippen molar-refractivity contribution in [3.05, 3.63) is 12.2 Å². The van der Waals surface area contributed by atoms with Crippen LogP contribution in [-0.4, -0.2) is 11.6 Å². The Balaban J connectivity index is 2.47. The SMILES string of the molecule is C=C(C)CC(=O)OC1(CC)CCCC1. The molecule has 2 nitrogen and oxygen atoms in total. The van der Waals surface area contributed by atoms with Gasteiger partial charge in [-0.25, -0.2) is 0 Å². The Labute approximate surface area is 86.3 Å². The van der Waals surface area contributed by atoms with Gasteiger partial charge in [0, 0.05) is 0 Å². The summed E-state index contributed by atoms with van der Waals surface area (Å²) in [6.07, 6.45) is 5.75. The molecule has 0 unspecified atom stereocenters. The van der Waals surface area contributed by atoms with E-state index in [9.17, 15) is 4.79 Å². The van der Waals surface area contributed by atoms with Crippen LogP contribution in [0.1, 0.15) is 52.4 Å². The molecule has 2 heteroatoms. The second kappa shape index (κ2) is 4.63. The van der Waals surface area contributed by atoms with Crippen LogP contribution < -0.4 is 0 Å². The average Bonchev–Trinajstić information content (AvgIpc) is 2.52. The van der Waals surface area contributed by atoms with Crippen LogP contribution in [0.3, 0.4) is 0 Å². The molecule has 1 fully saturated rings. The molecular formula is C12H20O2. The highest BCUT2D eigenvalue weighted by atomic mass is 16.6. The van der Waals surface area contributed by atoms with Crippen molar-refractivity contribution in [2.75, 3.05) is 0 Å². The van der Waals surface area contributed by atoms with Gasteiger partial charge in [-0.05, 0) is 39.0 Å². The fourth-order valence-electron chi connectivity index (χ4n) is 2.07. The summed E-state index contributed by atoms with van der Waals surface area (Å²) in [5.41, 5.74) is 0.728. The van der Waals surface area contributed by atoms with Gasteiger partial charge < -0.3 is 4.74 Å². The Hall–Kier alpha value is -0.790. The lowest BCUT2D eigenvalue weighted by molar-refractivity contribution is -0.158. The monoisotopic (exact) mass is 196 g/mol. The Morgan fingerprint density at radius 3 is 2.43 bits per heavy atom. The minimum atomic E-state index is -0.146. The zero-order chi connectivity index (χ0) is 10.6. The van der Waals surface area contributed by atoms with Crippen LogP contribution in [0.4, 0.5) is 0 Å². The first-order chi connectivity index (χ1) is 6.58. The highest BCUT2D eigenvalue weighted by Gasteiger charge is 2.35. The van der Waals surface area contributed by atoms with Gasteiger partial charge in [0.15, 0.2) is 0 Å². The van der Waals surface area contributed by atoms with Crippen LogP contribution in [0.5, 0.6) is 0 Å². The van der Waals surface area contributed by atoms with E-state index < -0.39 is 0 Å². The molecule has 0 saturated heterocycles. The number of hydrogen-bond donors (Lipinski definition) is 0. The molecular weight excluding hydrogens is 176 g/mol. The van der Waals surface area contributed by atoms with E-state index in [1.54, 1.807) is 0 Å². The summed E-state index contributed by atoms with van der Waals surface area (Å²) >= 11 is 0. The van der Waals surface area contributed by atoms with Gasteiger partial charge >= 0.3 is 5.97 Å². The molecule has 1 rings (SSSR count). The average molecular weight is 196 g/mol. The maximum atomic E-state index is 11.5. The third-order valence-electron chi connectivity index (χ3n) is 2.94. The Kier molecular flexibility index (Phi) is 3.73. The fourth-order valence-corrected chi connectivity index (χ4v) is 2.07. The summed E-state index contributed by atoms with van der Waals surface area (Å²) in [6, 6.07) is 0. The van der Waals surface area contributed by atoms with Gasteiger partial charge in [-0.3, -0.25) is 4.79 Å². The summed E-state index contributed by atoms with van der Waals surface area (Å²) in [5.74, 6) is -0.110. The maximum Gasteiger partial charge on any atom is 0.310 e. The van der Waals surface area contributed by atoms with E-state index in [0.717, 1.165) is 24.8 Å². The van der Waals surface area contributed by atoms with E-state index in [-0.39, 0.29) is 11.6 Å². The Morgan fingerprint density at radius 2 is 2.00 bits per heavy atom. The lowest BCUT2D eigenvalue weighted by atomic mass is 9.99. The topological polar surface area (TPSA) is 26.3 Å². The molecule has 0 aromatic heterocycles. The largest absolute Gasteiger partial charge is 0.459 e. The summed E-state index contributed by atoms with van der Waals surface area (Å²) in [7, 11) is 0. The van der Waals surface area contributed by atoms with Crippen LogP contribution in [0.2, 0.25) is 0 Å². The van der Waals surface area contributed by atoms with Crippen LogP contribution in [0.25, 0.3) is 0 Å². The standard InChI is InChI=1S/C12H20O2/c1-4-12(7-5-6-8-12)14-11(13)9-10(2)3/h2,4-9H2,1,3H3. The normalized spacial score (nSPS) is 19.3. The van der Waals surface area contributed by atoms with Crippen molar-refractivity contribution in [3.8, 4) is 0 Å². The molecule has 1 saturated carbocycles. The van der Waals surface area contributed by atoms with Crippen molar-refractivity contribution in [2.24, 2.45) is 0 Å². The highest BCUT2D eigenvalue weighted by molar-refractivity contribution is 5.72. The van der Waals surface area contributed by atoms with Gasteiger partial charge in [0.25, 0.3) is 0 Å². The third-order valence-corrected chi connectivity index (χ3v) is 2.94. The zero-order valence-electron chi connectivity index (χ0n) is 9.27. The van der Waals surface area contributed by atoms with E-state index in [0.29, 0.717) is 6.42 Å². The minimum absolute atomic E-state index is 0.110. The number of hydrogen-bond acceptors (Lipinski definition) is 2. The zero-order valence-corrected chi connectivity index (χ0v) is 9.27. The number of rotatable bonds is 4. The maximum absolute atomic E-state index is 11.5. The van der Waals surface area contributed by atoms with Crippen molar-refractivity contribution >= 4 is 5.97 Å². The molecule has 0 bridgehead atoms. The summed E-state index contributed by atoms with van der Waals surface area (Å²) in [5, 5.41) is 0. The molecule has 0 aliphatic heterocycles. The van der Waals surface area contributed by atoms with E-state index in [1.165, 1.54) is 12.8 Å². The van der Waals surface area contributed by atoms with E-state index in [2.05, 4.69) is 13.5 Å². The predicted octanol–water partition coefficient (Wildman–Crippen LogP) is 3.22. The van der Waals surface area contributed by atoms with E-state index in [1.807, 2.05) is 6.92 Å². The van der Waals surface area contributed by atoms with Gasteiger partial charge in [-0.15, -0.1) is 0 Å². The number of ether oxygens (including phenoxy) is 1. The van der Waals surface area contributed by atoms with Crippen molar-refractivity contribution < 1.29 is 9.53 Å². The second-order valence-electron chi connectivity index (χ2n) is 4.35. The predicted molar refractivity (Wildman–Crippen MR) is 57.0 cm³/mol. The molecule has 0 aromatic carbocycles. The highest BCUT2D eigenvalue weighted by Crippen LogP contribution is 2.36. The van der Waals surface area contributed by atoms with E-state index >= 15 is 0 Å². The van der Waals surface area contributed by atoms with Crippen LogP contribution in [0.15, 0.2) is 12.2 Å². The quantitative estimate of drug-likeness (QED) is 0.509. The molecule has 1 aliphatic rings. The lowest BCUT2D eigenvalue weighted by Crippen LogP contribution is -2.31. The molecule has 0 spiro atoms. The summed E-state index contributed by atoms with van der Waals surface area (Å²) < 4.78 is 5.56. The number of carbonyl (C=O) groups is 1. The number of carbonyl (C=O) groups excluding carboxylic acids is 1. The van der Waals surface area contributed by atoms with Gasteiger partial charge in [0.1, 0.15) is 5.60 Å². The van der Waals surface area contributed by atoms with Gasteiger partial charge in [0.2, 0.25) is 0 Å². The van der Waals surface area contributed by atoms with Crippen molar-refractivity contribution in [1.82, 2.24) is 0 Å². The first-order valence-electron chi connectivity index (χ1n) is 5.44. The van der Waals surface area contributed by atoms with Gasteiger partial charge in [-0.1, -0.05) is 19.1 Å². The molecule has 0 atom stereocenters. The fraction of sp³-hybridized carbons (Fsp3) is 0.750. The van der Waals surface area contributed by atoms with Crippen LogP contribution in [0, 0.1) is 0 Å².